The Bertz CT molecular complexity index is 1080. The zero-order valence-electron chi connectivity index (χ0n) is 19.3. The van der Waals surface area contributed by atoms with Crippen LogP contribution in [0, 0.1) is 23.0 Å². The molecule has 1 aromatic heterocycles. The highest BCUT2D eigenvalue weighted by Gasteiger charge is 2.35. The highest BCUT2D eigenvalue weighted by atomic mass is 19.1. The zero-order chi connectivity index (χ0) is 23.3. The van der Waals surface area contributed by atoms with Crippen molar-refractivity contribution in [3.63, 3.8) is 0 Å². The van der Waals surface area contributed by atoms with Crippen LogP contribution in [0.3, 0.4) is 0 Å². The van der Waals surface area contributed by atoms with Gasteiger partial charge in [0.25, 0.3) is 5.91 Å². The van der Waals surface area contributed by atoms with Crippen LogP contribution in [-0.4, -0.2) is 34.9 Å². The van der Waals surface area contributed by atoms with Crippen molar-refractivity contribution in [1.29, 1.82) is 0 Å². The topological polar surface area (TPSA) is 82.2 Å². The van der Waals surface area contributed by atoms with E-state index in [-0.39, 0.29) is 28.4 Å². The van der Waals surface area contributed by atoms with Crippen LogP contribution in [0.2, 0.25) is 0 Å². The van der Waals surface area contributed by atoms with E-state index in [1.54, 1.807) is 0 Å². The predicted octanol–water partition coefficient (Wildman–Crippen LogP) is 4.31. The maximum absolute atomic E-state index is 16.0. The van der Waals surface area contributed by atoms with E-state index in [0.29, 0.717) is 38.4 Å². The predicted molar refractivity (Wildman–Crippen MR) is 122 cm³/mol. The molecule has 1 aromatic carbocycles. The molecule has 2 aromatic rings. The van der Waals surface area contributed by atoms with Crippen molar-refractivity contribution >= 4 is 11.6 Å². The second-order valence-electron chi connectivity index (χ2n) is 10.6. The number of halogens is 2. The molecule has 178 valence electrons. The van der Waals surface area contributed by atoms with Crippen molar-refractivity contribution in [2.24, 2.45) is 17.1 Å². The molecular weight excluding hydrogens is 426 g/mol. The summed E-state index contributed by atoms with van der Waals surface area (Å²) in [4.78, 5) is 12.1. The Morgan fingerprint density at radius 1 is 1.27 bits per heavy atom. The third kappa shape index (κ3) is 4.37. The van der Waals surface area contributed by atoms with Gasteiger partial charge in [-0.25, -0.2) is 13.5 Å². The molecule has 1 saturated carbocycles. The summed E-state index contributed by atoms with van der Waals surface area (Å²) in [5.41, 5.74) is 8.03. The lowest BCUT2D eigenvalue weighted by atomic mass is 9.76. The lowest BCUT2D eigenvalue weighted by Crippen LogP contribution is -2.30. The van der Waals surface area contributed by atoms with Gasteiger partial charge in [0, 0.05) is 24.9 Å². The number of anilines is 1. The van der Waals surface area contributed by atoms with Crippen LogP contribution in [0.15, 0.2) is 6.07 Å². The van der Waals surface area contributed by atoms with Crippen LogP contribution in [0.4, 0.5) is 14.5 Å². The Hall–Kier alpha value is -2.48. The molecule has 3 N–H and O–H groups in total. The Morgan fingerprint density at radius 2 is 2.00 bits per heavy atom. The van der Waals surface area contributed by atoms with Gasteiger partial charge in [0.15, 0.2) is 11.6 Å². The maximum Gasteiger partial charge on any atom is 0.251 e. The van der Waals surface area contributed by atoms with E-state index in [2.05, 4.69) is 19.2 Å². The third-order valence-electron chi connectivity index (χ3n) is 7.29. The monoisotopic (exact) mass is 458 g/mol. The number of primary amides is 1. The van der Waals surface area contributed by atoms with Crippen LogP contribution in [0.1, 0.15) is 73.3 Å². The van der Waals surface area contributed by atoms with Gasteiger partial charge in [-0.3, -0.25) is 4.79 Å². The van der Waals surface area contributed by atoms with Crippen molar-refractivity contribution in [3.05, 3.63) is 40.2 Å². The average Bonchev–Trinajstić information content (AvgIpc) is 3.52. The van der Waals surface area contributed by atoms with Gasteiger partial charge in [-0.15, -0.1) is 0 Å². The summed E-state index contributed by atoms with van der Waals surface area (Å²) in [6, 6.07) is 0.964. The van der Waals surface area contributed by atoms with E-state index >= 15 is 8.78 Å². The van der Waals surface area contributed by atoms with E-state index in [1.165, 1.54) is 17.5 Å². The molecule has 3 aliphatic rings. The van der Waals surface area contributed by atoms with Crippen molar-refractivity contribution in [3.8, 4) is 5.69 Å². The number of ether oxygens (including phenoxy) is 1. The van der Waals surface area contributed by atoms with E-state index in [9.17, 15) is 4.79 Å². The highest BCUT2D eigenvalue weighted by Crippen LogP contribution is 2.41. The summed E-state index contributed by atoms with van der Waals surface area (Å²) in [7, 11) is 0. The fourth-order valence-corrected chi connectivity index (χ4v) is 5.14. The van der Waals surface area contributed by atoms with E-state index in [0.717, 1.165) is 42.3 Å². The van der Waals surface area contributed by atoms with Gasteiger partial charge < -0.3 is 15.8 Å². The standard InChI is InChI=1S/C25H32F2N4O2/c1-25(2)8-5-16-19(11-14-3-4-14)30-31(20(16)13-25)23-18(26)12-17(24(28)32)22(21(23)27)29-15-6-9-33-10-7-15/h12,14-15,29H,3-11,13H2,1-2H3,(H2,28,32). The number of fused-ring (bicyclic) bond motifs is 1. The first-order chi connectivity index (χ1) is 15.7. The Morgan fingerprint density at radius 3 is 2.67 bits per heavy atom. The number of amides is 1. The molecule has 33 heavy (non-hydrogen) atoms. The number of nitrogens with one attached hydrogen (secondary N) is 1. The second-order valence-corrected chi connectivity index (χ2v) is 10.6. The van der Waals surface area contributed by atoms with Crippen molar-refractivity contribution < 1.29 is 18.3 Å². The molecule has 5 rings (SSSR count). The number of carbonyl (C=O) groups excluding carboxylic acids is 1. The second kappa shape index (κ2) is 8.38. The minimum atomic E-state index is -0.869. The zero-order valence-corrected chi connectivity index (χ0v) is 19.3. The Kier molecular flexibility index (Phi) is 5.67. The van der Waals surface area contributed by atoms with Crippen LogP contribution in [-0.2, 0) is 24.0 Å². The Labute approximate surface area is 192 Å². The summed E-state index contributed by atoms with van der Waals surface area (Å²) in [6.45, 7) is 5.45. The van der Waals surface area contributed by atoms with Gasteiger partial charge in [-0.1, -0.05) is 13.8 Å². The van der Waals surface area contributed by atoms with Crippen molar-refractivity contribution in [2.75, 3.05) is 18.5 Å². The summed E-state index contributed by atoms with van der Waals surface area (Å²) in [5, 5.41) is 7.88. The smallest absolute Gasteiger partial charge is 0.251 e. The Balaban J connectivity index is 1.63. The molecule has 1 saturated heterocycles. The maximum atomic E-state index is 16.0. The van der Waals surface area contributed by atoms with Crippen LogP contribution >= 0.6 is 0 Å². The third-order valence-corrected chi connectivity index (χ3v) is 7.29. The molecule has 0 atom stereocenters. The first kappa shape index (κ1) is 22.3. The highest BCUT2D eigenvalue weighted by molar-refractivity contribution is 5.99. The molecular formula is C25H32F2N4O2. The molecule has 8 heteroatoms. The minimum Gasteiger partial charge on any atom is -0.381 e. The molecule has 1 aliphatic heterocycles. The molecule has 0 bridgehead atoms. The van der Waals surface area contributed by atoms with Gasteiger partial charge in [-0.2, -0.15) is 5.10 Å². The molecule has 0 radical (unpaired) electrons. The molecule has 1 amide bonds. The minimum absolute atomic E-state index is 0.0188. The van der Waals surface area contributed by atoms with E-state index < -0.39 is 17.5 Å². The number of hydrogen-bond acceptors (Lipinski definition) is 4. The lowest BCUT2D eigenvalue weighted by molar-refractivity contribution is 0.0903. The van der Waals surface area contributed by atoms with E-state index in [4.69, 9.17) is 15.6 Å². The van der Waals surface area contributed by atoms with Crippen LogP contribution in [0.25, 0.3) is 5.69 Å². The molecule has 2 aliphatic carbocycles. The van der Waals surface area contributed by atoms with E-state index in [1.807, 2.05) is 0 Å². The lowest BCUT2D eigenvalue weighted by Gasteiger charge is -2.30. The summed E-state index contributed by atoms with van der Waals surface area (Å²) < 4.78 is 38.3. The molecule has 6 nitrogen and oxygen atoms in total. The van der Waals surface area contributed by atoms with Crippen LogP contribution < -0.4 is 11.1 Å². The number of nitrogens with two attached hydrogens (primary N) is 1. The average molecular weight is 459 g/mol. The number of hydrogen-bond donors (Lipinski definition) is 2. The van der Waals surface area contributed by atoms with Gasteiger partial charge >= 0.3 is 0 Å². The fraction of sp³-hybridized carbons (Fsp3) is 0.600. The number of nitrogens with zero attached hydrogens (tertiary/aromatic N) is 2. The summed E-state index contributed by atoms with van der Waals surface area (Å²) >= 11 is 0. The van der Waals surface area contributed by atoms with Gasteiger partial charge in [0.2, 0.25) is 0 Å². The SMILES string of the molecule is CC1(C)CCc2c(CC3CC3)nn(-c3c(F)cc(C(N)=O)c(NC4CCOCC4)c3F)c2C1. The number of aromatic nitrogens is 2. The molecule has 2 fully saturated rings. The number of benzene rings is 1. The van der Waals surface area contributed by atoms with Crippen molar-refractivity contribution in [2.45, 2.75) is 71.3 Å². The molecule has 0 spiro atoms. The molecule has 0 unspecified atom stereocenters. The first-order valence-corrected chi connectivity index (χ1v) is 12.0. The quantitative estimate of drug-likeness (QED) is 0.676. The fourth-order valence-electron chi connectivity index (χ4n) is 5.14. The largest absolute Gasteiger partial charge is 0.381 e. The summed E-state index contributed by atoms with van der Waals surface area (Å²) in [6.07, 6.45) is 7.13. The number of rotatable bonds is 6. The van der Waals surface area contributed by atoms with Crippen LogP contribution in [0.5, 0.6) is 0 Å². The molecule has 2 heterocycles. The first-order valence-electron chi connectivity index (χ1n) is 12.0. The normalized spacial score (nSPS) is 20.5. The van der Waals surface area contributed by atoms with Gasteiger partial charge in [-0.05, 0) is 74.3 Å². The van der Waals surface area contributed by atoms with Gasteiger partial charge in [0.1, 0.15) is 5.69 Å². The number of carbonyl (C=O) groups is 1. The summed E-state index contributed by atoms with van der Waals surface area (Å²) in [5.74, 6) is -1.90. The van der Waals surface area contributed by atoms with Crippen molar-refractivity contribution in [1.82, 2.24) is 9.78 Å². The van der Waals surface area contributed by atoms with Gasteiger partial charge in [0.05, 0.1) is 16.9 Å².